The van der Waals surface area contributed by atoms with Gasteiger partial charge in [-0.3, -0.25) is 9.69 Å². The molecule has 2 N–H and O–H groups in total. The number of ether oxygens (including phenoxy) is 2. The SMILES string of the molecule is C[C@H](C(=O)O)[C@@H](O)c1ccc2c(c1)OC1(CC2)CCN(Cc2cc(C3CC3)ccc2OC(F)(F)F)CC1. The summed E-state index contributed by atoms with van der Waals surface area (Å²) < 4.78 is 49.8. The van der Waals surface area contributed by atoms with E-state index in [0.717, 1.165) is 49.7 Å². The average molecular weight is 520 g/mol. The van der Waals surface area contributed by atoms with Crippen molar-refractivity contribution >= 4 is 5.97 Å². The molecule has 1 saturated carbocycles. The Morgan fingerprint density at radius 2 is 1.89 bits per heavy atom. The molecule has 6 nitrogen and oxygen atoms in total. The van der Waals surface area contributed by atoms with Crippen LogP contribution in [0.1, 0.15) is 73.3 Å². The number of aliphatic hydroxyl groups excluding tert-OH is 1. The number of benzene rings is 2. The van der Waals surface area contributed by atoms with Gasteiger partial charge in [-0.1, -0.05) is 24.3 Å². The number of carbonyl (C=O) groups is 1. The number of piperidine rings is 1. The van der Waals surface area contributed by atoms with E-state index in [9.17, 15) is 28.2 Å². The number of likely N-dealkylation sites (tertiary alicyclic amines) is 1. The summed E-state index contributed by atoms with van der Waals surface area (Å²) in [5.74, 6) is -1.04. The number of hydrogen-bond donors (Lipinski definition) is 2. The van der Waals surface area contributed by atoms with Crippen LogP contribution in [0, 0.1) is 5.92 Å². The van der Waals surface area contributed by atoms with Gasteiger partial charge in [0.05, 0.1) is 12.0 Å². The molecule has 2 aliphatic heterocycles. The summed E-state index contributed by atoms with van der Waals surface area (Å²) in [5.41, 5.74) is 2.78. The Kier molecular flexibility index (Phi) is 6.87. The first kappa shape index (κ1) is 25.9. The number of alkyl halides is 3. The van der Waals surface area contributed by atoms with Crippen LogP contribution >= 0.6 is 0 Å². The van der Waals surface area contributed by atoms with Gasteiger partial charge in [0.25, 0.3) is 0 Å². The molecule has 2 fully saturated rings. The molecule has 1 saturated heterocycles. The molecule has 1 aliphatic carbocycles. The Bertz CT molecular complexity index is 1150. The zero-order chi connectivity index (χ0) is 26.4. The third-order valence-electron chi connectivity index (χ3n) is 7.99. The van der Waals surface area contributed by atoms with E-state index in [2.05, 4.69) is 9.64 Å². The number of carboxylic acid groups (broad SMARTS) is 1. The third kappa shape index (κ3) is 5.88. The number of aliphatic hydroxyl groups is 1. The average Bonchev–Trinajstić information content (AvgIpc) is 3.70. The van der Waals surface area contributed by atoms with Gasteiger partial charge in [0, 0.05) is 25.2 Å². The van der Waals surface area contributed by atoms with E-state index in [0.29, 0.717) is 42.4 Å². The van der Waals surface area contributed by atoms with Crippen LogP contribution < -0.4 is 9.47 Å². The molecule has 0 unspecified atom stereocenters. The summed E-state index contributed by atoms with van der Waals surface area (Å²) in [6, 6.07) is 10.4. The van der Waals surface area contributed by atoms with Crippen molar-refractivity contribution in [2.75, 3.05) is 13.1 Å². The maximum absolute atomic E-state index is 13.0. The molecular weight excluding hydrogens is 487 g/mol. The molecule has 37 heavy (non-hydrogen) atoms. The zero-order valence-corrected chi connectivity index (χ0v) is 20.8. The fourth-order valence-corrected chi connectivity index (χ4v) is 5.46. The Morgan fingerprint density at radius 1 is 1.16 bits per heavy atom. The van der Waals surface area contributed by atoms with Crippen molar-refractivity contribution in [2.45, 2.75) is 76.0 Å². The summed E-state index contributed by atoms with van der Waals surface area (Å²) in [4.78, 5) is 13.4. The van der Waals surface area contributed by atoms with E-state index in [-0.39, 0.29) is 11.4 Å². The van der Waals surface area contributed by atoms with E-state index >= 15 is 0 Å². The van der Waals surface area contributed by atoms with Crippen LogP contribution in [0.4, 0.5) is 13.2 Å². The molecule has 0 aromatic heterocycles. The molecule has 3 aliphatic rings. The van der Waals surface area contributed by atoms with Crippen LogP contribution in [0.3, 0.4) is 0 Å². The molecule has 9 heteroatoms. The lowest BCUT2D eigenvalue weighted by Gasteiger charge is -2.45. The van der Waals surface area contributed by atoms with Crippen molar-refractivity contribution in [3.8, 4) is 11.5 Å². The van der Waals surface area contributed by atoms with E-state index in [1.807, 2.05) is 12.1 Å². The standard InChI is InChI=1S/C28H32F3NO5/c1-17(26(34)35)25(33)21-5-4-19-8-9-27(36-24(19)15-21)10-12-32(13-11-27)16-22-14-20(18-2-3-18)6-7-23(22)37-28(29,30)31/h4-7,14-15,17-18,25,33H,2-3,8-13,16H2,1H3,(H,34,35)/t17-,25+/m0/s1. The molecule has 5 rings (SSSR count). The van der Waals surface area contributed by atoms with Crippen LogP contribution in [0.2, 0.25) is 0 Å². The van der Waals surface area contributed by atoms with Gasteiger partial charge >= 0.3 is 12.3 Å². The molecule has 2 heterocycles. The lowest BCUT2D eigenvalue weighted by atomic mass is 9.82. The Labute approximate surface area is 214 Å². The van der Waals surface area contributed by atoms with E-state index in [1.54, 1.807) is 18.2 Å². The highest BCUT2D eigenvalue weighted by molar-refractivity contribution is 5.70. The molecule has 200 valence electrons. The number of halogens is 3. The molecule has 0 radical (unpaired) electrons. The van der Waals surface area contributed by atoms with Crippen molar-refractivity contribution in [2.24, 2.45) is 5.92 Å². The first-order valence-electron chi connectivity index (χ1n) is 12.9. The monoisotopic (exact) mass is 519 g/mol. The van der Waals surface area contributed by atoms with Crippen molar-refractivity contribution in [1.82, 2.24) is 4.90 Å². The van der Waals surface area contributed by atoms with Crippen LogP contribution in [-0.2, 0) is 17.8 Å². The zero-order valence-electron chi connectivity index (χ0n) is 20.8. The predicted molar refractivity (Wildman–Crippen MR) is 129 cm³/mol. The maximum atomic E-state index is 13.0. The minimum atomic E-state index is -4.74. The summed E-state index contributed by atoms with van der Waals surface area (Å²) in [7, 11) is 0. The van der Waals surface area contributed by atoms with Crippen molar-refractivity contribution in [3.63, 3.8) is 0 Å². The lowest BCUT2D eigenvalue weighted by Crippen LogP contribution is -2.49. The Hall–Kier alpha value is -2.78. The van der Waals surface area contributed by atoms with Crippen LogP contribution in [0.25, 0.3) is 0 Å². The van der Waals surface area contributed by atoms with Gasteiger partial charge in [0.1, 0.15) is 17.1 Å². The summed E-state index contributed by atoms with van der Waals surface area (Å²) in [5, 5.41) is 19.7. The highest BCUT2D eigenvalue weighted by Gasteiger charge is 2.40. The van der Waals surface area contributed by atoms with E-state index in [1.165, 1.54) is 13.0 Å². The van der Waals surface area contributed by atoms with Crippen molar-refractivity contribution < 1.29 is 37.7 Å². The normalized spacial score (nSPS) is 21.1. The molecule has 1 spiro atoms. The summed E-state index contributed by atoms with van der Waals surface area (Å²) in [6.07, 6.45) is -0.639. The molecule has 0 amide bonds. The minimum Gasteiger partial charge on any atom is -0.487 e. The van der Waals surface area contributed by atoms with Crippen molar-refractivity contribution in [1.29, 1.82) is 0 Å². The van der Waals surface area contributed by atoms with Crippen LogP contribution in [0.5, 0.6) is 11.5 Å². The topological polar surface area (TPSA) is 79.2 Å². The first-order valence-corrected chi connectivity index (χ1v) is 12.9. The highest BCUT2D eigenvalue weighted by atomic mass is 19.4. The second-order valence-electron chi connectivity index (χ2n) is 10.7. The number of rotatable bonds is 7. The van der Waals surface area contributed by atoms with Gasteiger partial charge in [0.2, 0.25) is 0 Å². The number of hydrogen-bond acceptors (Lipinski definition) is 5. The van der Waals surface area contributed by atoms with Gasteiger partial charge < -0.3 is 19.7 Å². The van der Waals surface area contributed by atoms with Gasteiger partial charge in [-0.05, 0) is 80.2 Å². The third-order valence-corrected chi connectivity index (χ3v) is 7.99. The fourth-order valence-electron chi connectivity index (χ4n) is 5.46. The van der Waals surface area contributed by atoms with Gasteiger partial charge in [-0.2, -0.15) is 0 Å². The van der Waals surface area contributed by atoms with Crippen molar-refractivity contribution in [3.05, 3.63) is 58.7 Å². The Morgan fingerprint density at radius 3 is 2.54 bits per heavy atom. The number of fused-ring (bicyclic) bond motifs is 1. The molecule has 2 atom stereocenters. The smallest absolute Gasteiger partial charge is 0.487 e. The molecule has 2 aromatic rings. The molecular formula is C28H32F3NO5. The first-order chi connectivity index (χ1) is 17.5. The second-order valence-corrected chi connectivity index (χ2v) is 10.7. The van der Waals surface area contributed by atoms with E-state index in [4.69, 9.17) is 4.74 Å². The number of nitrogens with zero attached hydrogens (tertiary/aromatic N) is 1. The van der Waals surface area contributed by atoms with Crippen LogP contribution in [0.15, 0.2) is 36.4 Å². The predicted octanol–water partition coefficient (Wildman–Crippen LogP) is 5.58. The summed E-state index contributed by atoms with van der Waals surface area (Å²) in [6.45, 7) is 3.19. The largest absolute Gasteiger partial charge is 0.573 e. The fraction of sp³-hybridized carbons (Fsp3) is 0.536. The quantitative estimate of drug-likeness (QED) is 0.498. The minimum absolute atomic E-state index is 0.137. The number of aryl methyl sites for hydroxylation is 1. The number of carboxylic acids is 1. The number of aliphatic carboxylic acids is 1. The van der Waals surface area contributed by atoms with Gasteiger partial charge in [-0.15, -0.1) is 13.2 Å². The van der Waals surface area contributed by atoms with Gasteiger partial charge in [0.15, 0.2) is 0 Å². The highest BCUT2D eigenvalue weighted by Crippen LogP contribution is 2.43. The second kappa shape index (κ2) is 9.83. The lowest BCUT2D eigenvalue weighted by molar-refractivity contribution is -0.275. The Balaban J connectivity index is 1.26. The van der Waals surface area contributed by atoms with E-state index < -0.39 is 24.4 Å². The summed E-state index contributed by atoms with van der Waals surface area (Å²) >= 11 is 0. The molecule has 2 aromatic carbocycles. The van der Waals surface area contributed by atoms with Crippen LogP contribution in [-0.4, -0.2) is 46.1 Å². The molecule has 0 bridgehead atoms. The van der Waals surface area contributed by atoms with Gasteiger partial charge in [-0.25, -0.2) is 0 Å². The maximum Gasteiger partial charge on any atom is 0.573 e.